The Hall–Kier alpha value is -1.36. The topological polar surface area (TPSA) is 57.6 Å². The zero-order valence-corrected chi connectivity index (χ0v) is 14.6. The minimum Gasteiger partial charge on any atom is -0.481 e. The fourth-order valence-electron chi connectivity index (χ4n) is 2.97. The first kappa shape index (κ1) is 17.0. The molecule has 1 aliphatic rings. The van der Waals surface area contributed by atoms with Crippen LogP contribution >= 0.6 is 15.9 Å². The number of likely N-dealkylation sites (tertiary alicyclic amines) is 1. The second-order valence-corrected chi connectivity index (χ2v) is 7.38. The quantitative estimate of drug-likeness (QED) is 0.886. The fourth-order valence-corrected chi connectivity index (χ4v) is 3.24. The third-order valence-electron chi connectivity index (χ3n) is 4.47. The molecule has 0 unspecified atom stereocenters. The molecule has 0 radical (unpaired) electrons. The smallest absolute Gasteiger partial charge is 0.303 e. The van der Waals surface area contributed by atoms with E-state index in [1.165, 1.54) is 0 Å². The highest BCUT2D eigenvalue weighted by Crippen LogP contribution is 2.29. The minimum atomic E-state index is -0.750. The number of halogens is 1. The third-order valence-corrected chi connectivity index (χ3v) is 4.99. The summed E-state index contributed by atoms with van der Waals surface area (Å²) in [6, 6.07) is 7.84. The Kier molecular flexibility index (Phi) is 5.27. The normalized spacial score (nSPS) is 16.6. The van der Waals surface area contributed by atoms with Crippen molar-refractivity contribution in [3.63, 3.8) is 0 Å². The van der Waals surface area contributed by atoms with Crippen LogP contribution in [0.5, 0.6) is 0 Å². The van der Waals surface area contributed by atoms with Crippen molar-refractivity contribution in [2.24, 2.45) is 5.92 Å². The zero-order valence-electron chi connectivity index (χ0n) is 13.0. The van der Waals surface area contributed by atoms with E-state index in [0.717, 1.165) is 22.9 Å². The van der Waals surface area contributed by atoms with Crippen molar-refractivity contribution in [1.29, 1.82) is 0 Å². The molecule has 1 aromatic carbocycles. The van der Waals surface area contributed by atoms with Gasteiger partial charge in [0.1, 0.15) is 0 Å². The van der Waals surface area contributed by atoms with E-state index in [4.69, 9.17) is 5.11 Å². The molecule has 0 spiro atoms. The summed E-state index contributed by atoms with van der Waals surface area (Å²) in [5.74, 6) is -0.444. The number of rotatable bonds is 4. The highest BCUT2D eigenvalue weighted by Gasteiger charge is 2.35. The SMILES string of the molecule is CC(C)(C(=O)N1CCC(CC(=O)O)CC1)c1ccc(Br)cc1. The van der Waals surface area contributed by atoms with E-state index < -0.39 is 11.4 Å². The molecule has 0 saturated carbocycles. The van der Waals surface area contributed by atoms with Crippen LogP contribution in [-0.4, -0.2) is 35.0 Å². The van der Waals surface area contributed by atoms with Gasteiger partial charge in [0.2, 0.25) is 5.91 Å². The van der Waals surface area contributed by atoms with Gasteiger partial charge >= 0.3 is 5.97 Å². The highest BCUT2D eigenvalue weighted by atomic mass is 79.9. The molecule has 0 bridgehead atoms. The van der Waals surface area contributed by atoms with Gasteiger partial charge in [-0.3, -0.25) is 9.59 Å². The van der Waals surface area contributed by atoms with Crippen molar-refractivity contribution < 1.29 is 14.7 Å². The molecule has 120 valence electrons. The van der Waals surface area contributed by atoms with E-state index in [-0.39, 0.29) is 18.2 Å². The van der Waals surface area contributed by atoms with E-state index >= 15 is 0 Å². The highest BCUT2D eigenvalue weighted by molar-refractivity contribution is 9.10. The molecule has 22 heavy (non-hydrogen) atoms. The second kappa shape index (κ2) is 6.82. The van der Waals surface area contributed by atoms with E-state index in [9.17, 15) is 9.59 Å². The molecule has 1 saturated heterocycles. The van der Waals surface area contributed by atoms with E-state index in [1.807, 2.05) is 43.0 Å². The predicted octanol–water partition coefficient (Wildman–Crippen LogP) is 3.44. The van der Waals surface area contributed by atoms with Gasteiger partial charge in [0, 0.05) is 24.0 Å². The van der Waals surface area contributed by atoms with Gasteiger partial charge in [-0.25, -0.2) is 0 Å². The van der Waals surface area contributed by atoms with Gasteiger partial charge in [-0.05, 0) is 50.3 Å². The van der Waals surface area contributed by atoms with Crippen LogP contribution in [0.15, 0.2) is 28.7 Å². The summed E-state index contributed by atoms with van der Waals surface area (Å²) in [5, 5.41) is 8.86. The van der Waals surface area contributed by atoms with Gasteiger partial charge in [-0.15, -0.1) is 0 Å². The molecule has 1 N–H and O–H groups in total. The Balaban J connectivity index is 2.02. The average Bonchev–Trinajstić information content (AvgIpc) is 2.47. The molecular formula is C17H22BrNO3. The predicted molar refractivity (Wildman–Crippen MR) is 88.7 cm³/mol. The van der Waals surface area contributed by atoms with Crippen LogP contribution < -0.4 is 0 Å². The van der Waals surface area contributed by atoms with Gasteiger partial charge in [-0.1, -0.05) is 28.1 Å². The van der Waals surface area contributed by atoms with Crippen molar-refractivity contribution in [3.05, 3.63) is 34.3 Å². The van der Waals surface area contributed by atoms with Gasteiger partial charge in [-0.2, -0.15) is 0 Å². The number of piperidine rings is 1. The lowest BCUT2D eigenvalue weighted by atomic mass is 9.82. The molecule has 0 aliphatic carbocycles. The fraction of sp³-hybridized carbons (Fsp3) is 0.529. The number of benzene rings is 1. The number of aliphatic carboxylic acids is 1. The first-order valence-electron chi connectivity index (χ1n) is 7.58. The van der Waals surface area contributed by atoms with Crippen molar-refractivity contribution in [2.45, 2.75) is 38.5 Å². The molecule has 0 aromatic heterocycles. The lowest BCUT2D eigenvalue weighted by Crippen LogP contribution is -2.47. The van der Waals surface area contributed by atoms with Gasteiger partial charge < -0.3 is 10.0 Å². The molecule has 5 heteroatoms. The minimum absolute atomic E-state index is 0.114. The maximum Gasteiger partial charge on any atom is 0.303 e. The number of carboxylic acids is 1. The van der Waals surface area contributed by atoms with E-state index in [0.29, 0.717) is 13.1 Å². The first-order valence-corrected chi connectivity index (χ1v) is 8.37. The summed E-state index contributed by atoms with van der Waals surface area (Å²) in [5.41, 5.74) is 0.425. The first-order chi connectivity index (χ1) is 10.3. The Bertz CT molecular complexity index is 546. The molecule has 1 aromatic rings. The Morgan fingerprint density at radius 3 is 2.27 bits per heavy atom. The number of hydrogen-bond acceptors (Lipinski definition) is 2. The van der Waals surface area contributed by atoms with E-state index in [1.54, 1.807) is 0 Å². The van der Waals surface area contributed by atoms with Gasteiger partial charge in [0.15, 0.2) is 0 Å². The number of carboxylic acid groups (broad SMARTS) is 1. The molecule has 1 heterocycles. The summed E-state index contributed by atoms with van der Waals surface area (Å²) in [7, 11) is 0. The molecule has 4 nitrogen and oxygen atoms in total. The van der Waals surface area contributed by atoms with Crippen LogP contribution in [0, 0.1) is 5.92 Å². The van der Waals surface area contributed by atoms with Crippen molar-refractivity contribution >= 4 is 27.8 Å². The number of carbonyl (C=O) groups excluding carboxylic acids is 1. The maximum absolute atomic E-state index is 12.8. The maximum atomic E-state index is 12.8. The number of nitrogens with zero attached hydrogens (tertiary/aromatic N) is 1. The number of carbonyl (C=O) groups is 2. The van der Waals surface area contributed by atoms with Crippen LogP contribution in [0.25, 0.3) is 0 Å². The van der Waals surface area contributed by atoms with Gasteiger partial charge in [0.25, 0.3) is 0 Å². The summed E-state index contributed by atoms with van der Waals surface area (Å²) < 4.78 is 0.994. The van der Waals surface area contributed by atoms with Crippen LogP contribution in [0.1, 0.15) is 38.7 Å². The summed E-state index contributed by atoms with van der Waals surface area (Å²) in [6.07, 6.45) is 1.75. The van der Waals surface area contributed by atoms with Gasteiger partial charge in [0.05, 0.1) is 5.41 Å². The molecular weight excluding hydrogens is 346 g/mol. The van der Waals surface area contributed by atoms with Crippen LogP contribution in [0.3, 0.4) is 0 Å². The number of amides is 1. The molecule has 1 amide bonds. The Morgan fingerprint density at radius 2 is 1.77 bits per heavy atom. The van der Waals surface area contributed by atoms with Crippen LogP contribution in [0.4, 0.5) is 0 Å². The third kappa shape index (κ3) is 3.88. The lowest BCUT2D eigenvalue weighted by molar-refractivity contribution is -0.139. The molecule has 1 aliphatic heterocycles. The molecule has 2 rings (SSSR count). The second-order valence-electron chi connectivity index (χ2n) is 6.47. The van der Waals surface area contributed by atoms with Crippen molar-refractivity contribution in [3.8, 4) is 0 Å². The molecule has 0 atom stereocenters. The van der Waals surface area contributed by atoms with Crippen molar-refractivity contribution in [1.82, 2.24) is 4.90 Å². The molecule has 1 fully saturated rings. The zero-order chi connectivity index (χ0) is 16.3. The monoisotopic (exact) mass is 367 g/mol. The van der Waals surface area contributed by atoms with Crippen LogP contribution in [0.2, 0.25) is 0 Å². The summed E-state index contributed by atoms with van der Waals surface area (Å²) >= 11 is 3.41. The summed E-state index contributed by atoms with van der Waals surface area (Å²) in [6.45, 7) is 5.19. The largest absolute Gasteiger partial charge is 0.481 e. The number of hydrogen-bond donors (Lipinski definition) is 1. The van der Waals surface area contributed by atoms with E-state index in [2.05, 4.69) is 15.9 Å². The average molecular weight is 368 g/mol. The Morgan fingerprint density at radius 1 is 1.23 bits per heavy atom. The van der Waals surface area contributed by atoms with Crippen LogP contribution in [-0.2, 0) is 15.0 Å². The summed E-state index contributed by atoms with van der Waals surface area (Å²) in [4.78, 5) is 25.5. The lowest BCUT2D eigenvalue weighted by Gasteiger charge is -2.37. The standard InChI is InChI=1S/C17H22BrNO3/c1-17(2,13-3-5-14(18)6-4-13)16(22)19-9-7-12(8-10-19)11-15(20)21/h3-6,12H,7-11H2,1-2H3,(H,20,21). The Labute approximate surface area is 139 Å². The van der Waals surface area contributed by atoms with Crippen molar-refractivity contribution in [2.75, 3.05) is 13.1 Å².